The Morgan fingerprint density at radius 3 is 3.14 bits per heavy atom. The fourth-order valence-corrected chi connectivity index (χ4v) is 4.42. The van der Waals surface area contributed by atoms with Crippen LogP contribution in [0.25, 0.3) is 0 Å². The molecule has 4 heterocycles. The summed E-state index contributed by atoms with van der Waals surface area (Å²) in [6, 6.07) is 2.37. The van der Waals surface area contributed by atoms with Crippen molar-refractivity contribution in [1.29, 1.82) is 0 Å². The van der Waals surface area contributed by atoms with E-state index in [0.717, 1.165) is 28.5 Å². The summed E-state index contributed by atoms with van der Waals surface area (Å²) in [7, 11) is 0. The summed E-state index contributed by atoms with van der Waals surface area (Å²) in [4.78, 5) is 19.4. The Kier molecular flexibility index (Phi) is 2.91. The van der Waals surface area contributed by atoms with E-state index in [1.807, 2.05) is 22.5 Å². The monoisotopic (exact) mass is 416 g/mol. The maximum Gasteiger partial charge on any atom is 0.288 e. The number of amides is 1. The van der Waals surface area contributed by atoms with Crippen molar-refractivity contribution >= 4 is 43.8 Å². The van der Waals surface area contributed by atoms with E-state index >= 15 is 0 Å². The smallest absolute Gasteiger partial charge is 0.288 e. The average molecular weight is 418 g/mol. The summed E-state index contributed by atoms with van der Waals surface area (Å²) in [5, 5.41) is 3.35. The highest BCUT2D eigenvalue weighted by Crippen LogP contribution is 2.48. The number of aromatic nitrogens is 1. The summed E-state index contributed by atoms with van der Waals surface area (Å²) in [5.41, 5.74) is 0.162. The van der Waals surface area contributed by atoms with Gasteiger partial charge in [0.25, 0.3) is 11.9 Å². The Morgan fingerprint density at radius 2 is 2.38 bits per heavy atom. The third-order valence-corrected chi connectivity index (χ3v) is 6.28. The number of carbonyl (C=O) groups excluding carboxylic acids is 1. The van der Waals surface area contributed by atoms with Crippen molar-refractivity contribution < 1.29 is 9.53 Å². The second kappa shape index (κ2) is 4.49. The minimum absolute atomic E-state index is 0.0376. The van der Waals surface area contributed by atoms with Gasteiger partial charge in [-0.15, -0.1) is 0 Å². The van der Waals surface area contributed by atoms with E-state index in [1.54, 1.807) is 0 Å². The Labute approximate surface area is 138 Å². The van der Waals surface area contributed by atoms with E-state index in [2.05, 4.69) is 42.2 Å². The van der Waals surface area contributed by atoms with Crippen LogP contribution in [0.3, 0.4) is 0 Å². The molecular weight excluding hydrogens is 404 g/mol. The van der Waals surface area contributed by atoms with E-state index in [-0.39, 0.29) is 12.1 Å². The van der Waals surface area contributed by atoms with Crippen molar-refractivity contribution in [2.75, 3.05) is 13.2 Å². The molecule has 0 bridgehead atoms. The summed E-state index contributed by atoms with van der Waals surface area (Å²) in [6.07, 6.45) is 1.63. The predicted molar refractivity (Wildman–Crippen MR) is 84.1 cm³/mol. The molecule has 1 fully saturated rings. The van der Waals surface area contributed by atoms with Crippen molar-refractivity contribution in [3.8, 4) is 0 Å². The Hall–Kier alpha value is -1.02. The second-order valence-corrected chi connectivity index (χ2v) is 6.99. The highest BCUT2D eigenvalue weighted by Gasteiger charge is 2.59. The molecule has 6 nitrogen and oxygen atoms in total. The molecule has 1 spiro atoms. The van der Waals surface area contributed by atoms with E-state index in [0.29, 0.717) is 18.3 Å². The largest absolute Gasteiger partial charge is 0.465 e. The first-order chi connectivity index (χ1) is 10.1. The Morgan fingerprint density at radius 1 is 1.57 bits per heavy atom. The fraction of sp³-hybridized carbons (Fsp3) is 0.538. The van der Waals surface area contributed by atoms with Crippen LogP contribution in [0.1, 0.15) is 36.4 Å². The van der Waals surface area contributed by atoms with Gasteiger partial charge in [-0.05, 0) is 57.7 Å². The van der Waals surface area contributed by atoms with Gasteiger partial charge in [0.2, 0.25) is 0 Å². The minimum atomic E-state index is -0.491. The molecule has 21 heavy (non-hydrogen) atoms. The first-order valence-electron chi connectivity index (χ1n) is 6.95. The highest BCUT2D eigenvalue weighted by molar-refractivity contribution is 9.13. The number of fused-ring (bicyclic) bond motifs is 2. The number of hydrogen-bond donors (Lipinski definition) is 1. The molecule has 8 heteroatoms. The normalized spacial score (nSPS) is 29.7. The zero-order valence-corrected chi connectivity index (χ0v) is 14.6. The first kappa shape index (κ1) is 13.6. The van der Waals surface area contributed by atoms with Gasteiger partial charge in [0.05, 0.1) is 11.1 Å². The highest BCUT2D eigenvalue weighted by atomic mass is 79.9. The maximum atomic E-state index is 12.8. The maximum absolute atomic E-state index is 12.8. The average Bonchev–Trinajstić information content (AvgIpc) is 3.10. The molecular formula is C13H14Br2N4O2. The molecule has 1 saturated heterocycles. The molecule has 2 unspecified atom stereocenters. The van der Waals surface area contributed by atoms with Crippen LogP contribution in [0.15, 0.2) is 20.1 Å². The van der Waals surface area contributed by atoms with Gasteiger partial charge in [-0.25, -0.2) is 4.99 Å². The third kappa shape index (κ3) is 1.63. The summed E-state index contributed by atoms with van der Waals surface area (Å²) < 4.78 is 9.21. The van der Waals surface area contributed by atoms with Gasteiger partial charge in [0.15, 0.2) is 11.8 Å². The number of amidine groups is 1. The van der Waals surface area contributed by atoms with Crippen LogP contribution in [0.2, 0.25) is 0 Å². The number of aliphatic imine (C=N–C) groups is 1. The van der Waals surface area contributed by atoms with Crippen LogP contribution >= 0.6 is 31.9 Å². The molecule has 0 saturated carbocycles. The van der Waals surface area contributed by atoms with Crippen LogP contribution in [0.4, 0.5) is 0 Å². The Bertz CT molecular complexity index is 671. The number of carbonyl (C=O) groups is 1. The summed E-state index contributed by atoms with van der Waals surface area (Å²) in [5.74, 6) is 0.0376. The van der Waals surface area contributed by atoms with Crippen LogP contribution in [-0.2, 0) is 4.74 Å². The molecule has 112 valence electrons. The predicted octanol–water partition coefficient (Wildman–Crippen LogP) is 2.45. The quantitative estimate of drug-likeness (QED) is 0.763. The lowest BCUT2D eigenvalue weighted by atomic mass is 10.0. The molecule has 1 N–H and O–H groups in total. The van der Waals surface area contributed by atoms with Gasteiger partial charge in [0.1, 0.15) is 10.3 Å². The van der Waals surface area contributed by atoms with E-state index < -0.39 is 5.66 Å². The van der Waals surface area contributed by atoms with Crippen LogP contribution in [0.5, 0.6) is 0 Å². The summed E-state index contributed by atoms with van der Waals surface area (Å²) in [6.45, 7) is 3.22. The standard InChI is InChI=1S/C13H14Br2N4O2/c1-2-21-12-16-11-13(17-12)4-3-5-18(13)10(20)8-6-7(14)9(15)19(8)11/h6,11H,2-5H2,1H3,(H,16,17). The first-order valence-corrected chi connectivity index (χ1v) is 8.54. The number of nitrogens with zero attached hydrogens (tertiary/aromatic N) is 3. The van der Waals surface area contributed by atoms with Crippen LogP contribution < -0.4 is 5.32 Å². The lowest BCUT2D eigenvalue weighted by Gasteiger charge is -2.43. The molecule has 1 aromatic rings. The molecule has 1 amide bonds. The molecule has 0 aromatic carbocycles. The number of hydrogen-bond acceptors (Lipinski definition) is 4. The third-order valence-electron chi connectivity index (χ3n) is 4.33. The van der Waals surface area contributed by atoms with Gasteiger partial charge < -0.3 is 19.5 Å². The van der Waals surface area contributed by atoms with Gasteiger partial charge in [-0.1, -0.05) is 0 Å². The van der Waals surface area contributed by atoms with Crippen molar-refractivity contribution in [1.82, 2.24) is 14.8 Å². The molecule has 3 aliphatic heterocycles. The van der Waals surface area contributed by atoms with Gasteiger partial charge in [-0.3, -0.25) is 4.79 Å². The number of nitrogens with one attached hydrogen (secondary N) is 1. The van der Waals surface area contributed by atoms with Crippen molar-refractivity contribution in [3.63, 3.8) is 0 Å². The lowest BCUT2D eigenvalue weighted by molar-refractivity contribution is 0.0314. The number of halogens is 2. The van der Waals surface area contributed by atoms with Crippen molar-refractivity contribution in [2.45, 2.75) is 31.6 Å². The number of ether oxygens (including phenoxy) is 1. The zero-order chi connectivity index (χ0) is 14.8. The van der Waals surface area contributed by atoms with Gasteiger partial charge in [-0.2, -0.15) is 0 Å². The van der Waals surface area contributed by atoms with Gasteiger partial charge in [0, 0.05) is 6.54 Å². The van der Waals surface area contributed by atoms with Crippen LogP contribution in [-0.4, -0.2) is 40.2 Å². The van der Waals surface area contributed by atoms with Crippen LogP contribution in [0, 0.1) is 0 Å². The molecule has 4 rings (SSSR count). The molecule has 0 aliphatic carbocycles. The van der Waals surface area contributed by atoms with E-state index in [4.69, 9.17) is 4.74 Å². The fourth-order valence-electron chi connectivity index (χ4n) is 3.52. The zero-order valence-electron chi connectivity index (χ0n) is 11.4. The van der Waals surface area contributed by atoms with Gasteiger partial charge >= 0.3 is 0 Å². The number of rotatable bonds is 1. The molecule has 3 aliphatic rings. The van der Waals surface area contributed by atoms with Crippen molar-refractivity contribution in [2.24, 2.45) is 4.99 Å². The van der Waals surface area contributed by atoms with E-state index in [9.17, 15) is 4.79 Å². The second-order valence-electron chi connectivity index (χ2n) is 5.39. The van der Waals surface area contributed by atoms with Crippen molar-refractivity contribution in [3.05, 3.63) is 20.8 Å². The van der Waals surface area contributed by atoms with E-state index in [1.165, 1.54) is 0 Å². The summed E-state index contributed by atoms with van der Waals surface area (Å²) >= 11 is 7.05. The molecule has 2 atom stereocenters. The lowest BCUT2D eigenvalue weighted by Crippen LogP contribution is -2.62. The minimum Gasteiger partial charge on any atom is -0.465 e. The molecule has 0 radical (unpaired) electrons. The SMILES string of the molecule is CCOC1=NC2n3c(cc(Br)c3Br)C(=O)N3CCCC23N1. The molecule has 1 aromatic heterocycles. The Balaban J connectivity index is 1.91. The topological polar surface area (TPSA) is 58.9 Å².